The highest BCUT2D eigenvalue weighted by Crippen LogP contribution is 2.61. The van der Waals surface area contributed by atoms with Gasteiger partial charge in [0.05, 0.1) is 6.61 Å². The van der Waals surface area contributed by atoms with E-state index in [1.54, 1.807) is 0 Å². The summed E-state index contributed by atoms with van der Waals surface area (Å²) < 4.78 is 35.8. The molecule has 0 radical (unpaired) electrons. The lowest BCUT2D eigenvalue weighted by Gasteiger charge is -2.21. The summed E-state index contributed by atoms with van der Waals surface area (Å²) in [5, 5.41) is -2.07. The lowest BCUT2D eigenvalue weighted by Crippen LogP contribution is -2.27. The van der Waals surface area contributed by atoms with Crippen molar-refractivity contribution in [1.82, 2.24) is 0 Å². The van der Waals surface area contributed by atoms with Crippen molar-refractivity contribution in [3.8, 4) is 0 Å². The van der Waals surface area contributed by atoms with Crippen LogP contribution in [0, 0.1) is 0 Å². The molecule has 13 heavy (non-hydrogen) atoms. The number of methoxy groups -OCH3 is 2. The topological polar surface area (TPSA) is 82.1 Å². The highest BCUT2D eigenvalue weighted by atomic mass is 31.2. The maximum Gasteiger partial charge on any atom is 0.474 e. The van der Waals surface area contributed by atoms with Gasteiger partial charge < -0.3 is 18.9 Å². The molecule has 78 valence electrons. The van der Waals surface area contributed by atoms with Gasteiger partial charge >= 0.3 is 21.3 Å². The Balaban J connectivity index is 4.91. The van der Waals surface area contributed by atoms with E-state index in [1.807, 2.05) is 0 Å². The lowest BCUT2D eigenvalue weighted by molar-refractivity contribution is -0.0929. The van der Waals surface area contributed by atoms with Crippen LogP contribution in [0.25, 0.3) is 0 Å². The largest absolute Gasteiger partial charge is 0.474 e. The van der Waals surface area contributed by atoms with E-state index in [0.717, 1.165) is 14.2 Å². The van der Waals surface area contributed by atoms with E-state index in [1.165, 1.54) is 6.92 Å². The Morgan fingerprint density at radius 2 is 1.92 bits per heavy atom. The fraction of sp³-hybridized carbons (Fsp3) is 1.00. The van der Waals surface area contributed by atoms with E-state index >= 15 is 0 Å². The summed E-state index contributed by atoms with van der Waals surface area (Å²) in [7, 11) is -3.19. The Hall–Kier alpha value is 0.170. The van der Waals surface area contributed by atoms with E-state index in [0.29, 0.717) is 0 Å². The predicted octanol–water partition coefficient (Wildman–Crippen LogP) is 1.14. The van der Waals surface area contributed by atoms with E-state index in [9.17, 15) is 14.0 Å². The third kappa shape index (κ3) is 2.56. The van der Waals surface area contributed by atoms with Gasteiger partial charge in [-0.1, -0.05) is 4.57 Å². The summed E-state index contributed by atoms with van der Waals surface area (Å²) in [5.74, 6) is 0. The molecule has 1 N–H and O–H groups in total. The molecule has 0 aliphatic rings. The number of ether oxygens (including phenoxy) is 2. The summed E-state index contributed by atoms with van der Waals surface area (Å²) in [5.41, 5.74) is 0. The third-order valence-corrected chi connectivity index (χ3v) is 4.86. The lowest BCUT2D eigenvalue weighted by atomic mass is 10.9. The minimum atomic E-state index is -4.18. The van der Waals surface area contributed by atoms with E-state index in [2.05, 4.69) is 14.0 Å². The van der Waals surface area contributed by atoms with Gasteiger partial charge in [-0.3, -0.25) is 0 Å². The van der Waals surface area contributed by atoms with Crippen molar-refractivity contribution in [3.05, 3.63) is 0 Å². The monoisotopic (exact) mass is 231 g/mol. The molecule has 0 amide bonds. The predicted molar refractivity (Wildman–Crippen MR) is 47.2 cm³/mol. The molecule has 0 bridgehead atoms. The molecule has 0 aliphatic heterocycles. The number of hydrogen-bond acceptors (Lipinski definition) is 5. The molecule has 0 spiro atoms. The Labute approximate surface area is 77.9 Å². The second-order valence-electron chi connectivity index (χ2n) is 2.03. The van der Waals surface area contributed by atoms with Crippen LogP contribution in [-0.2, 0) is 23.1 Å². The molecule has 6 nitrogen and oxygen atoms in total. The quantitative estimate of drug-likeness (QED) is 0.545. The minimum absolute atomic E-state index is 0.00667. The third-order valence-electron chi connectivity index (χ3n) is 1.36. The van der Waals surface area contributed by atoms with E-state index in [-0.39, 0.29) is 6.61 Å². The molecule has 0 saturated heterocycles. The van der Waals surface area contributed by atoms with Gasteiger partial charge in [-0.15, -0.1) is 0 Å². The van der Waals surface area contributed by atoms with Crippen LogP contribution in [0.3, 0.4) is 0 Å². The fourth-order valence-electron chi connectivity index (χ4n) is 0.715. The van der Waals surface area contributed by atoms with Crippen molar-refractivity contribution in [2.45, 2.75) is 12.2 Å². The van der Waals surface area contributed by atoms with Crippen LogP contribution in [0.1, 0.15) is 6.92 Å². The van der Waals surface area contributed by atoms with Crippen LogP contribution in [-0.4, -0.2) is 31.0 Å². The second kappa shape index (κ2) is 5.15. The number of rotatable bonds is 6. The van der Waals surface area contributed by atoms with Crippen LogP contribution in [0.2, 0.25) is 0 Å². The zero-order valence-corrected chi connectivity index (χ0v) is 9.54. The smallest absolute Gasteiger partial charge is 0.317 e. The first kappa shape index (κ1) is 13.2. The Bertz CT molecular complexity index is 213. The van der Waals surface area contributed by atoms with Gasteiger partial charge in [0.1, 0.15) is 0 Å². The SMILES string of the molecule is CCOP(=O)(O)C(OC)(OC)[PH+]=O. The first-order chi connectivity index (χ1) is 5.99. The molecular weight excluding hydrogens is 218 g/mol. The summed E-state index contributed by atoms with van der Waals surface area (Å²) in [6.07, 6.45) is 0. The van der Waals surface area contributed by atoms with Gasteiger partial charge in [0.15, 0.2) is 0 Å². The summed E-state index contributed by atoms with van der Waals surface area (Å²) in [4.78, 5) is 9.32. The molecule has 0 aromatic rings. The van der Waals surface area contributed by atoms with Crippen molar-refractivity contribution in [3.63, 3.8) is 0 Å². The summed E-state index contributed by atoms with van der Waals surface area (Å²) in [6.45, 7) is 1.54. The van der Waals surface area contributed by atoms with Crippen LogP contribution < -0.4 is 0 Å². The van der Waals surface area contributed by atoms with Crippen LogP contribution in [0.5, 0.6) is 0 Å². The van der Waals surface area contributed by atoms with Crippen LogP contribution in [0.4, 0.5) is 0 Å². The standard InChI is InChI=1S/C5H12O6P2/c1-4-11-13(7,8)5(9-2,10-3)12-6/h4H2,1-3H3,(H,7,8)/p+1. The van der Waals surface area contributed by atoms with Crippen molar-refractivity contribution in [2.24, 2.45) is 0 Å². The molecule has 8 heteroatoms. The Morgan fingerprint density at radius 3 is 2.15 bits per heavy atom. The van der Waals surface area contributed by atoms with Crippen molar-refractivity contribution >= 4 is 16.1 Å². The van der Waals surface area contributed by atoms with E-state index < -0.39 is 21.3 Å². The molecule has 2 unspecified atom stereocenters. The van der Waals surface area contributed by atoms with Crippen LogP contribution in [0.15, 0.2) is 0 Å². The summed E-state index contributed by atoms with van der Waals surface area (Å²) >= 11 is 0. The average Bonchev–Trinajstić information content (AvgIpc) is 2.07. The molecule has 0 fully saturated rings. The number of hydrogen-bond donors (Lipinski definition) is 1. The van der Waals surface area contributed by atoms with E-state index in [4.69, 9.17) is 0 Å². The van der Waals surface area contributed by atoms with Gasteiger partial charge in [0, 0.05) is 14.2 Å². The first-order valence-electron chi connectivity index (χ1n) is 3.46. The highest BCUT2D eigenvalue weighted by Gasteiger charge is 2.60. The fourth-order valence-corrected chi connectivity index (χ4v) is 2.52. The molecule has 0 aliphatic carbocycles. The highest BCUT2D eigenvalue weighted by molar-refractivity contribution is 7.63. The maximum atomic E-state index is 11.4. The first-order valence-corrected chi connectivity index (χ1v) is 5.95. The van der Waals surface area contributed by atoms with Gasteiger partial charge in [0.2, 0.25) is 0 Å². The Morgan fingerprint density at radius 1 is 1.46 bits per heavy atom. The van der Waals surface area contributed by atoms with Gasteiger partial charge in [-0.25, -0.2) is 4.57 Å². The van der Waals surface area contributed by atoms with Gasteiger partial charge in [-0.05, 0) is 6.92 Å². The minimum Gasteiger partial charge on any atom is -0.317 e. The molecule has 0 aromatic carbocycles. The van der Waals surface area contributed by atoms with Crippen LogP contribution >= 0.6 is 16.1 Å². The Kier molecular flexibility index (Phi) is 5.22. The second-order valence-corrected chi connectivity index (χ2v) is 5.20. The normalized spacial score (nSPS) is 17.2. The zero-order chi connectivity index (χ0) is 10.5. The molecule has 0 rings (SSSR count). The molecule has 0 heterocycles. The molecule has 0 saturated carbocycles. The molecule has 0 aromatic heterocycles. The van der Waals surface area contributed by atoms with Crippen molar-refractivity contribution in [2.75, 3.05) is 20.8 Å². The van der Waals surface area contributed by atoms with Gasteiger partial charge in [0.25, 0.3) is 0 Å². The average molecular weight is 231 g/mol. The molecule has 2 atom stereocenters. The molecular formula is C5H13O6P2+. The van der Waals surface area contributed by atoms with Crippen molar-refractivity contribution < 1.29 is 28.0 Å². The summed E-state index contributed by atoms with van der Waals surface area (Å²) in [6, 6.07) is 0. The zero-order valence-electron chi connectivity index (χ0n) is 7.64. The van der Waals surface area contributed by atoms with Crippen molar-refractivity contribution in [1.29, 1.82) is 0 Å². The van der Waals surface area contributed by atoms with Gasteiger partial charge in [-0.2, -0.15) is 0 Å². The maximum absolute atomic E-state index is 11.4.